The van der Waals surface area contributed by atoms with Gasteiger partial charge < -0.3 is 15.6 Å². The number of aromatic amines is 1. The molecule has 0 aliphatic heterocycles. The minimum absolute atomic E-state index is 0.679. The molecule has 1 heterocycles. The molecule has 0 spiro atoms. The first-order chi connectivity index (χ1) is 9.65. The van der Waals surface area contributed by atoms with Crippen LogP contribution in [-0.4, -0.2) is 22.6 Å². The Balaban J connectivity index is 1.66. The van der Waals surface area contributed by atoms with Crippen LogP contribution in [0.2, 0.25) is 0 Å². The van der Waals surface area contributed by atoms with E-state index in [0.717, 1.165) is 47.7 Å². The van der Waals surface area contributed by atoms with Crippen molar-refractivity contribution < 1.29 is 0 Å². The molecule has 0 unspecified atom stereocenters. The van der Waals surface area contributed by atoms with Gasteiger partial charge >= 0.3 is 0 Å². The van der Waals surface area contributed by atoms with Crippen LogP contribution < -0.4 is 10.6 Å². The molecule has 4 aliphatic carbocycles. The lowest BCUT2D eigenvalue weighted by atomic mass is 9.54. The molecule has 0 saturated heterocycles. The lowest BCUT2D eigenvalue weighted by Crippen LogP contribution is -2.56. The summed E-state index contributed by atoms with van der Waals surface area (Å²) in [6.07, 6.45) is 7.28. The third kappa shape index (κ3) is 1.76. The highest BCUT2D eigenvalue weighted by atomic mass is 15.3. The SMILES string of the molecule is CCN(c1nc(C)[nH]c1N)C1C2CC3CC(C2)CC1C3. The maximum atomic E-state index is 6.15. The maximum absolute atomic E-state index is 6.15. The zero-order valence-corrected chi connectivity index (χ0v) is 12.6. The van der Waals surface area contributed by atoms with Gasteiger partial charge in [-0.3, -0.25) is 0 Å². The summed E-state index contributed by atoms with van der Waals surface area (Å²) in [5.41, 5.74) is 6.15. The zero-order valence-electron chi connectivity index (χ0n) is 12.6. The number of anilines is 2. The summed E-state index contributed by atoms with van der Waals surface area (Å²) >= 11 is 0. The molecular formula is C16H26N4. The molecule has 4 bridgehead atoms. The number of nitrogens with one attached hydrogen (secondary N) is 1. The van der Waals surface area contributed by atoms with Gasteiger partial charge in [-0.15, -0.1) is 0 Å². The van der Waals surface area contributed by atoms with Crippen molar-refractivity contribution in [1.82, 2.24) is 9.97 Å². The fourth-order valence-corrected chi connectivity index (χ4v) is 5.62. The molecule has 0 atom stereocenters. The molecule has 0 radical (unpaired) electrons. The van der Waals surface area contributed by atoms with Crippen LogP contribution >= 0.6 is 0 Å². The molecule has 3 N–H and O–H groups in total. The quantitative estimate of drug-likeness (QED) is 0.891. The second-order valence-electron chi connectivity index (χ2n) is 7.27. The lowest BCUT2D eigenvalue weighted by molar-refractivity contribution is -0.00270. The van der Waals surface area contributed by atoms with E-state index in [1.165, 1.54) is 32.1 Å². The van der Waals surface area contributed by atoms with Gasteiger partial charge in [0.05, 0.1) is 0 Å². The summed E-state index contributed by atoms with van der Waals surface area (Å²) in [6, 6.07) is 0.679. The van der Waals surface area contributed by atoms with Crippen molar-refractivity contribution in [1.29, 1.82) is 0 Å². The first-order valence-electron chi connectivity index (χ1n) is 8.24. The molecule has 4 aliphatic rings. The Bertz CT molecular complexity index is 479. The maximum Gasteiger partial charge on any atom is 0.171 e. The van der Waals surface area contributed by atoms with Crippen LogP contribution in [0.5, 0.6) is 0 Å². The molecule has 1 aromatic heterocycles. The van der Waals surface area contributed by atoms with Crippen molar-refractivity contribution in [3.63, 3.8) is 0 Å². The Morgan fingerprint density at radius 3 is 2.20 bits per heavy atom. The van der Waals surface area contributed by atoms with E-state index in [1.807, 2.05) is 6.92 Å². The van der Waals surface area contributed by atoms with Crippen molar-refractivity contribution in [2.45, 2.75) is 52.0 Å². The first kappa shape index (κ1) is 12.5. The summed E-state index contributed by atoms with van der Waals surface area (Å²) in [5, 5.41) is 0. The molecule has 4 nitrogen and oxygen atoms in total. The fourth-order valence-electron chi connectivity index (χ4n) is 5.62. The van der Waals surface area contributed by atoms with Crippen LogP contribution in [0, 0.1) is 30.6 Å². The number of nitrogens with two attached hydrogens (primary N) is 1. The highest BCUT2D eigenvalue weighted by Crippen LogP contribution is 2.55. The van der Waals surface area contributed by atoms with Crippen LogP contribution in [0.25, 0.3) is 0 Å². The molecule has 5 rings (SSSR count). The number of aryl methyl sites for hydroxylation is 1. The molecule has 4 heteroatoms. The van der Waals surface area contributed by atoms with E-state index in [2.05, 4.69) is 21.8 Å². The van der Waals surface area contributed by atoms with E-state index in [0.29, 0.717) is 6.04 Å². The number of nitrogen functional groups attached to an aromatic ring is 1. The smallest absolute Gasteiger partial charge is 0.171 e. The first-order valence-corrected chi connectivity index (χ1v) is 8.24. The Hall–Kier alpha value is -1.19. The molecule has 20 heavy (non-hydrogen) atoms. The number of hydrogen-bond donors (Lipinski definition) is 2. The van der Waals surface area contributed by atoms with E-state index in [9.17, 15) is 0 Å². The van der Waals surface area contributed by atoms with Gasteiger partial charge in [0.15, 0.2) is 5.82 Å². The number of rotatable bonds is 3. The number of imidazole rings is 1. The monoisotopic (exact) mass is 274 g/mol. The third-order valence-electron chi connectivity index (χ3n) is 5.98. The molecular weight excluding hydrogens is 248 g/mol. The summed E-state index contributed by atoms with van der Waals surface area (Å²) in [5.74, 6) is 6.47. The number of nitrogens with zero attached hydrogens (tertiary/aromatic N) is 2. The van der Waals surface area contributed by atoms with Gasteiger partial charge in [0.1, 0.15) is 11.6 Å². The van der Waals surface area contributed by atoms with E-state index >= 15 is 0 Å². The normalized spacial score (nSPS) is 38.4. The minimum Gasteiger partial charge on any atom is -0.382 e. The largest absolute Gasteiger partial charge is 0.382 e. The average Bonchev–Trinajstić information content (AvgIpc) is 2.72. The van der Waals surface area contributed by atoms with Gasteiger partial charge in [-0.1, -0.05) is 0 Å². The van der Waals surface area contributed by atoms with Crippen LogP contribution in [0.3, 0.4) is 0 Å². The number of hydrogen-bond acceptors (Lipinski definition) is 3. The third-order valence-corrected chi connectivity index (χ3v) is 5.98. The highest BCUT2D eigenvalue weighted by molar-refractivity contribution is 5.60. The molecule has 0 amide bonds. The lowest BCUT2D eigenvalue weighted by Gasteiger charge is -2.57. The topological polar surface area (TPSA) is 57.9 Å². The standard InChI is InChI=1S/C16H26N4/c1-3-20(16-15(17)18-9(2)19-16)14-12-5-10-4-11(7-12)8-13(14)6-10/h10-14H,3-8,17H2,1-2H3,(H,18,19). The predicted octanol–water partition coefficient (Wildman–Crippen LogP) is 2.95. The van der Waals surface area contributed by atoms with Crippen LogP contribution in [0.1, 0.15) is 44.9 Å². The van der Waals surface area contributed by atoms with Crippen molar-refractivity contribution >= 4 is 11.6 Å². The molecule has 1 aromatic rings. The van der Waals surface area contributed by atoms with E-state index in [1.54, 1.807) is 0 Å². The Labute approximate surface area is 121 Å². The second kappa shape index (κ2) is 4.40. The van der Waals surface area contributed by atoms with Crippen LogP contribution in [0.4, 0.5) is 11.6 Å². The van der Waals surface area contributed by atoms with E-state index in [-0.39, 0.29) is 0 Å². The van der Waals surface area contributed by atoms with Crippen LogP contribution in [-0.2, 0) is 0 Å². The molecule has 4 fully saturated rings. The van der Waals surface area contributed by atoms with E-state index in [4.69, 9.17) is 5.73 Å². The van der Waals surface area contributed by atoms with Crippen LogP contribution in [0.15, 0.2) is 0 Å². The van der Waals surface area contributed by atoms with Crippen molar-refractivity contribution in [3.8, 4) is 0 Å². The van der Waals surface area contributed by atoms with Crippen molar-refractivity contribution in [2.75, 3.05) is 17.2 Å². The van der Waals surface area contributed by atoms with Crippen molar-refractivity contribution in [3.05, 3.63) is 5.82 Å². The van der Waals surface area contributed by atoms with Gasteiger partial charge in [-0.25, -0.2) is 4.98 Å². The zero-order chi connectivity index (χ0) is 13.9. The molecule has 110 valence electrons. The molecule has 4 saturated carbocycles. The van der Waals surface area contributed by atoms with Gasteiger partial charge in [0.2, 0.25) is 0 Å². The summed E-state index contributed by atoms with van der Waals surface area (Å²) < 4.78 is 0. The second-order valence-corrected chi connectivity index (χ2v) is 7.27. The Morgan fingerprint density at radius 2 is 1.75 bits per heavy atom. The molecule has 0 aromatic carbocycles. The number of aromatic nitrogens is 2. The minimum atomic E-state index is 0.679. The Morgan fingerprint density at radius 1 is 1.15 bits per heavy atom. The van der Waals surface area contributed by atoms with Gasteiger partial charge in [-0.2, -0.15) is 0 Å². The highest BCUT2D eigenvalue weighted by Gasteiger charge is 2.50. The number of H-pyrrole nitrogens is 1. The predicted molar refractivity (Wildman–Crippen MR) is 81.6 cm³/mol. The Kier molecular flexibility index (Phi) is 2.76. The summed E-state index contributed by atoms with van der Waals surface area (Å²) in [4.78, 5) is 10.3. The van der Waals surface area contributed by atoms with E-state index < -0.39 is 0 Å². The van der Waals surface area contributed by atoms with Crippen molar-refractivity contribution in [2.24, 2.45) is 23.7 Å². The fraction of sp³-hybridized carbons (Fsp3) is 0.812. The van der Waals surface area contributed by atoms with Gasteiger partial charge in [-0.05, 0) is 69.6 Å². The van der Waals surface area contributed by atoms with Gasteiger partial charge in [0, 0.05) is 12.6 Å². The average molecular weight is 274 g/mol. The summed E-state index contributed by atoms with van der Waals surface area (Å²) in [6.45, 7) is 5.25. The van der Waals surface area contributed by atoms with Gasteiger partial charge in [0.25, 0.3) is 0 Å². The summed E-state index contributed by atoms with van der Waals surface area (Å²) in [7, 11) is 0.